The molecule has 4 heterocycles. The van der Waals surface area contributed by atoms with E-state index in [2.05, 4.69) is 10.2 Å². The molecule has 0 unspecified atom stereocenters. The van der Waals surface area contributed by atoms with Crippen molar-refractivity contribution >= 4 is 29.1 Å². The summed E-state index contributed by atoms with van der Waals surface area (Å²) in [4.78, 5) is 44.7. The first-order valence-corrected chi connectivity index (χ1v) is 11.0. The highest BCUT2D eigenvalue weighted by atomic mass is 16.2. The van der Waals surface area contributed by atoms with Crippen LogP contribution in [-0.4, -0.2) is 35.2 Å². The van der Waals surface area contributed by atoms with E-state index in [1.165, 1.54) is 4.90 Å². The number of aryl methyl sites for hydroxylation is 2. The highest BCUT2D eigenvalue weighted by molar-refractivity contribution is 6.26. The van der Waals surface area contributed by atoms with E-state index in [0.29, 0.717) is 5.69 Å². The summed E-state index contributed by atoms with van der Waals surface area (Å²) < 4.78 is 0. The lowest BCUT2D eigenvalue weighted by atomic mass is 9.75. The van der Waals surface area contributed by atoms with Gasteiger partial charge in [0.05, 0.1) is 17.5 Å². The second-order valence-corrected chi connectivity index (χ2v) is 9.40. The Balaban J connectivity index is 1.56. The van der Waals surface area contributed by atoms with Gasteiger partial charge in [-0.15, -0.1) is 0 Å². The van der Waals surface area contributed by atoms with Gasteiger partial charge in [-0.3, -0.25) is 19.3 Å². The van der Waals surface area contributed by atoms with Gasteiger partial charge in [0.2, 0.25) is 17.7 Å². The zero-order chi connectivity index (χ0) is 21.7. The molecule has 1 N–H and O–H groups in total. The van der Waals surface area contributed by atoms with Crippen molar-refractivity contribution < 1.29 is 14.4 Å². The van der Waals surface area contributed by atoms with E-state index in [-0.39, 0.29) is 23.8 Å². The molecule has 158 valence electrons. The molecule has 6 rings (SSSR count). The number of anilines is 2. The van der Waals surface area contributed by atoms with E-state index >= 15 is 0 Å². The van der Waals surface area contributed by atoms with Crippen molar-refractivity contribution in [1.82, 2.24) is 4.90 Å². The quantitative estimate of drug-likeness (QED) is 0.727. The topological polar surface area (TPSA) is 69.7 Å². The molecular weight excluding hydrogens is 390 g/mol. The van der Waals surface area contributed by atoms with Crippen LogP contribution in [-0.2, 0) is 19.9 Å². The Labute approximate surface area is 181 Å². The van der Waals surface area contributed by atoms with Crippen molar-refractivity contribution in [2.24, 2.45) is 11.8 Å². The normalized spacial score (nSPS) is 31.4. The van der Waals surface area contributed by atoms with Crippen molar-refractivity contribution in [1.29, 1.82) is 0 Å². The van der Waals surface area contributed by atoms with Gasteiger partial charge in [-0.25, -0.2) is 4.90 Å². The number of rotatable bonds is 1. The van der Waals surface area contributed by atoms with Crippen LogP contribution in [0.2, 0.25) is 0 Å². The minimum Gasteiger partial charge on any atom is -0.324 e. The minimum absolute atomic E-state index is 0.0878. The standard InChI is InChI=1S/C25H25N3O3/c1-13-6-9-16(10-7-13)28-22(29)19-18-5-4-12-27(18)25(20(19)23(28)30)17-11-8-14(2)15(3)21(17)26-24(25)31/h6-11,18-20H,4-5,12H2,1-3H3,(H,26,31)/t18-,19+,20+,25-/m1/s1. The Bertz CT molecular complexity index is 1170. The van der Waals surface area contributed by atoms with Crippen LogP contribution in [0.5, 0.6) is 0 Å². The molecule has 4 atom stereocenters. The largest absolute Gasteiger partial charge is 0.324 e. The van der Waals surface area contributed by atoms with Crippen LogP contribution in [0.15, 0.2) is 36.4 Å². The van der Waals surface area contributed by atoms with Crippen molar-refractivity contribution in [2.75, 3.05) is 16.8 Å². The lowest BCUT2D eigenvalue weighted by molar-refractivity contribution is -0.135. The molecule has 0 saturated carbocycles. The van der Waals surface area contributed by atoms with Gasteiger partial charge in [0.15, 0.2) is 0 Å². The lowest BCUT2D eigenvalue weighted by Crippen LogP contribution is -2.54. The third-order valence-electron chi connectivity index (χ3n) is 7.99. The minimum atomic E-state index is -1.11. The molecule has 0 bridgehead atoms. The molecule has 31 heavy (non-hydrogen) atoms. The summed E-state index contributed by atoms with van der Waals surface area (Å²) in [6, 6.07) is 11.4. The van der Waals surface area contributed by atoms with Crippen LogP contribution in [0.4, 0.5) is 11.4 Å². The predicted octanol–water partition coefficient (Wildman–Crippen LogP) is 3.04. The molecule has 0 aromatic heterocycles. The van der Waals surface area contributed by atoms with E-state index in [1.807, 2.05) is 57.2 Å². The molecule has 3 saturated heterocycles. The van der Waals surface area contributed by atoms with Gasteiger partial charge in [-0.05, 0) is 63.4 Å². The Morgan fingerprint density at radius 1 is 0.968 bits per heavy atom. The van der Waals surface area contributed by atoms with Gasteiger partial charge in [-0.2, -0.15) is 0 Å². The zero-order valence-corrected chi connectivity index (χ0v) is 17.9. The molecule has 0 aliphatic carbocycles. The maximum absolute atomic E-state index is 13.9. The highest BCUT2D eigenvalue weighted by Crippen LogP contribution is 2.61. The van der Waals surface area contributed by atoms with E-state index in [1.54, 1.807) is 0 Å². The van der Waals surface area contributed by atoms with Gasteiger partial charge in [-0.1, -0.05) is 29.8 Å². The van der Waals surface area contributed by atoms with Crippen molar-refractivity contribution in [2.45, 2.75) is 45.2 Å². The fourth-order valence-corrected chi connectivity index (χ4v) is 6.47. The summed E-state index contributed by atoms with van der Waals surface area (Å²) in [7, 11) is 0. The number of hydrogen-bond donors (Lipinski definition) is 1. The monoisotopic (exact) mass is 415 g/mol. The summed E-state index contributed by atoms with van der Waals surface area (Å²) in [5, 5.41) is 3.10. The van der Waals surface area contributed by atoms with Crippen molar-refractivity contribution in [3.63, 3.8) is 0 Å². The molecule has 4 aliphatic heterocycles. The maximum atomic E-state index is 13.9. The van der Waals surface area contributed by atoms with Crippen LogP contribution in [0.3, 0.4) is 0 Å². The van der Waals surface area contributed by atoms with Gasteiger partial charge in [0.25, 0.3) is 0 Å². The van der Waals surface area contributed by atoms with Crippen molar-refractivity contribution in [3.05, 3.63) is 58.7 Å². The number of nitrogens with zero attached hydrogens (tertiary/aromatic N) is 2. The van der Waals surface area contributed by atoms with Gasteiger partial charge < -0.3 is 5.32 Å². The number of amides is 3. The maximum Gasteiger partial charge on any atom is 0.250 e. The lowest BCUT2D eigenvalue weighted by Gasteiger charge is -2.36. The van der Waals surface area contributed by atoms with Crippen LogP contribution in [0, 0.1) is 32.6 Å². The molecular formula is C25H25N3O3. The van der Waals surface area contributed by atoms with Crippen LogP contribution in [0.25, 0.3) is 0 Å². The number of hydrogen-bond acceptors (Lipinski definition) is 4. The average molecular weight is 415 g/mol. The smallest absolute Gasteiger partial charge is 0.250 e. The fraction of sp³-hybridized carbons (Fsp3) is 0.400. The summed E-state index contributed by atoms with van der Waals surface area (Å²) in [5.41, 5.74) is 4.33. The number of imide groups is 1. The SMILES string of the molecule is Cc1ccc(N2C(=O)[C@H]3[C@H]4CCCN4[C@@]4(C(=O)Nc5c4ccc(C)c5C)[C@@H]3C2=O)cc1. The van der Waals surface area contributed by atoms with Crippen LogP contribution in [0.1, 0.15) is 35.1 Å². The number of fused-ring (bicyclic) bond motifs is 7. The number of nitrogens with one attached hydrogen (secondary N) is 1. The molecule has 6 heteroatoms. The first-order chi connectivity index (χ1) is 14.9. The predicted molar refractivity (Wildman–Crippen MR) is 117 cm³/mol. The first-order valence-electron chi connectivity index (χ1n) is 11.0. The van der Waals surface area contributed by atoms with Gasteiger partial charge in [0, 0.05) is 17.3 Å². The molecule has 2 aromatic carbocycles. The summed E-state index contributed by atoms with van der Waals surface area (Å²) in [6.45, 7) is 6.72. The number of carbonyl (C=O) groups is 3. The van der Waals surface area contributed by atoms with E-state index in [0.717, 1.165) is 47.3 Å². The molecule has 4 aliphatic rings. The van der Waals surface area contributed by atoms with E-state index < -0.39 is 17.4 Å². The summed E-state index contributed by atoms with van der Waals surface area (Å²) in [5.74, 6) is -1.78. The molecule has 2 aromatic rings. The molecule has 1 spiro atoms. The summed E-state index contributed by atoms with van der Waals surface area (Å²) >= 11 is 0. The highest BCUT2D eigenvalue weighted by Gasteiger charge is 2.74. The zero-order valence-electron chi connectivity index (χ0n) is 17.9. The second kappa shape index (κ2) is 6.04. The van der Waals surface area contributed by atoms with E-state index in [9.17, 15) is 14.4 Å². The Morgan fingerprint density at radius 3 is 2.45 bits per heavy atom. The molecule has 3 amide bonds. The number of carbonyl (C=O) groups excluding carboxylic acids is 3. The van der Waals surface area contributed by atoms with Gasteiger partial charge in [0.1, 0.15) is 5.54 Å². The summed E-state index contributed by atoms with van der Waals surface area (Å²) in [6.07, 6.45) is 1.76. The van der Waals surface area contributed by atoms with Gasteiger partial charge >= 0.3 is 0 Å². The second-order valence-electron chi connectivity index (χ2n) is 9.40. The Hall–Kier alpha value is -2.99. The average Bonchev–Trinajstić information content (AvgIpc) is 3.45. The molecule has 3 fully saturated rings. The molecule has 6 nitrogen and oxygen atoms in total. The first kappa shape index (κ1) is 18.8. The van der Waals surface area contributed by atoms with Crippen molar-refractivity contribution in [3.8, 4) is 0 Å². The van der Waals surface area contributed by atoms with Crippen LogP contribution < -0.4 is 10.2 Å². The van der Waals surface area contributed by atoms with Crippen LogP contribution >= 0.6 is 0 Å². The molecule has 0 radical (unpaired) electrons. The fourth-order valence-electron chi connectivity index (χ4n) is 6.47. The number of benzene rings is 2. The van der Waals surface area contributed by atoms with E-state index in [4.69, 9.17) is 0 Å². The third kappa shape index (κ3) is 2.09. The third-order valence-corrected chi connectivity index (χ3v) is 7.99. The Morgan fingerprint density at radius 2 is 1.71 bits per heavy atom. The Kier molecular flexibility index (Phi) is 3.65.